The van der Waals surface area contributed by atoms with E-state index in [0.717, 1.165) is 0 Å². The van der Waals surface area contributed by atoms with Crippen LogP contribution in [-0.4, -0.2) is 20.9 Å². The van der Waals surface area contributed by atoms with Crippen LogP contribution in [0.4, 0.5) is 5.69 Å². The van der Waals surface area contributed by atoms with E-state index in [1.807, 2.05) is 6.07 Å². The summed E-state index contributed by atoms with van der Waals surface area (Å²) in [6.07, 6.45) is 0.0490. The monoisotopic (exact) mass is 420 g/mol. The molecule has 30 heavy (non-hydrogen) atoms. The summed E-state index contributed by atoms with van der Waals surface area (Å²) >= 11 is 6.15. The average Bonchev–Trinajstić information content (AvgIpc) is 2.76. The van der Waals surface area contributed by atoms with Gasteiger partial charge in [0.1, 0.15) is 11.3 Å². The molecule has 3 aromatic carbocycles. The highest BCUT2D eigenvalue weighted by molar-refractivity contribution is 6.32. The number of amides is 1. The summed E-state index contributed by atoms with van der Waals surface area (Å²) in [5.74, 6) is 0.660. The highest BCUT2D eigenvalue weighted by atomic mass is 35.5. The van der Waals surface area contributed by atoms with E-state index in [9.17, 15) is 9.59 Å². The van der Waals surface area contributed by atoms with Crippen molar-refractivity contribution in [1.29, 1.82) is 0 Å². The Hall–Kier alpha value is -3.71. The molecular weight excluding hydrogens is 404 g/mol. The SMILES string of the molecule is O=C(CCn1nnc2ccccc2c1=O)Nc1ccccc1Oc1ccccc1Cl. The lowest BCUT2D eigenvalue weighted by atomic mass is 10.2. The second kappa shape index (κ2) is 8.75. The molecule has 4 rings (SSSR count). The second-order valence-corrected chi connectivity index (χ2v) is 6.87. The number of nitrogens with zero attached hydrogens (tertiary/aromatic N) is 3. The Morgan fingerprint density at radius 1 is 0.967 bits per heavy atom. The number of hydrogen-bond acceptors (Lipinski definition) is 5. The zero-order valence-electron chi connectivity index (χ0n) is 15.8. The van der Waals surface area contributed by atoms with Crippen LogP contribution in [0.25, 0.3) is 10.9 Å². The second-order valence-electron chi connectivity index (χ2n) is 6.46. The Morgan fingerprint density at radius 3 is 2.50 bits per heavy atom. The van der Waals surface area contributed by atoms with E-state index < -0.39 is 0 Å². The van der Waals surface area contributed by atoms with Gasteiger partial charge in [0.05, 0.1) is 22.6 Å². The molecule has 0 spiro atoms. The Balaban J connectivity index is 1.46. The molecule has 0 saturated carbocycles. The van der Waals surface area contributed by atoms with Crippen molar-refractivity contribution < 1.29 is 9.53 Å². The molecular formula is C22H17ClN4O3. The molecule has 1 heterocycles. The van der Waals surface area contributed by atoms with Crippen LogP contribution >= 0.6 is 11.6 Å². The molecule has 0 atom stereocenters. The molecule has 0 aliphatic carbocycles. The maximum absolute atomic E-state index is 12.5. The summed E-state index contributed by atoms with van der Waals surface area (Å²) < 4.78 is 7.04. The lowest BCUT2D eigenvalue weighted by Crippen LogP contribution is -2.26. The Morgan fingerprint density at radius 2 is 1.67 bits per heavy atom. The third kappa shape index (κ3) is 4.31. The van der Waals surface area contributed by atoms with Gasteiger partial charge in [0.15, 0.2) is 5.75 Å². The molecule has 1 amide bonds. The quantitative estimate of drug-likeness (QED) is 0.503. The number of rotatable bonds is 6. The maximum atomic E-state index is 12.5. The van der Waals surface area contributed by atoms with Gasteiger partial charge in [-0.2, -0.15) is 0 Å². The van der Waals surface area contributed by atoms with Gasteiger partial charge in [0.2, 0.25) is 5.91 Å². The zero-order chi connectivity index (χ0) is 20.9. The number of anilines is 1. The standard InChI is InChI=1S/C22H17ClN4O3/c23-16-8-2-5-11-19(16)30-20-12-6-4-10-18(20)24-21(28)13-14-27-22(29)15-7-1-3-9-17(15)25-26-27/h1-12H,13-14H2,(H,24,28). The van der Waals surface area contributed by atoms with Gasteiger partial charge in [-0.3, -0.25) is 9.59 Å². The van der Waals surface area contributed by atoms with Crippen molar-refractivity contribution in [2.45, 2.75) is 13.0 Å². The maximum Gasteiger partial charge on any atom is 0.277 e. The lowest BCUT2D eigenvalue weighted by Gasteiger charge is -2.13. The topological polar surface area (TPSA) is 86.1 Å². The molecule has 0 saturated heterocycles. The molecule has 1 aromatic heterocycles. The molecule has 7 nitrogen and oxygen atoms in total. The number of benzene rings is 3. The summed E-state index contributed by atoms with van der Waals surface area (Å²) in [7, 11) is 0. The first-order valence-electron chi connectivity index (χ1n) is 9.25. The zero-order valence-corrected chi connectivity index (χ0v) is 16.5. The predicted octanol–water partition coefficient (Wildman–Crippen LogP) is 4.27. The van der Waals surface area contributed by atoms with E-state index in [1.54, 1.807) is 66.7 Å². The van der Waals surface area contributed by atoms with Crippen molar-refractivity contribution in [3.05, 3.63) is 88.2 Å². The fourth-order valence-electron chi connectivity index (χ4n) is 2.89. The number of halogens is 1. The molecule has 0 fully saturated rings. The summed E-state index contributed by atoms with van der Waals surface area (Å²) in [6, 6.07) is 21.1. The van der Waals surface area contributed by atoms with Gasteiger partial charge in [-0.05, 0) is 36.4 Å². The van der Waals surface area contributed by atoms with Gasteiger partial charge in [-0.15, -0.1) is 5.10 Å². The molecule has 150 valence electrons. The van der Waals surface area contributed by atoms with Crippen LogP contribution in [-0.2, 0) is 11.3 Å². The fourth-order valence-corrected chi connectivity index (χ4v) is 3.07. The van der Waals surface area contributed by atoms with Gasteiger partial charge in [-0.1, -0.05) is 53.2 Å². The molecule has 1 N–H and O–H groups in total. The van der Waals surface area contributed by atoms with Crippen LogP contribution in [0.15, 0.2) is 77.6 Å². The molecule has 0 aliphatic rings. The third-order valence-electron chi connectivity index (χ3n) is 4.40. The average molecular weight is 421 g/mol. The van der Waals surface area contributed by atoms with Crippen LogP contribution in [0.3, 0.4) is 0 Å². The van der Waals surface area contributed by atoms with Gasteiger partial charge >= 0.3 is 0 Å². The first-order valence-corrected chi connectivity index (χ1v) is 9.63. The number of hydrogen-bond donors (Lipinski definition) is 1. The molecule has 8 heteroatoms. The first-order chi connectivity index (χ1) is 14.6. The number of aryl methyl sites for hydroxylation is 1. The Labute approximate surface area is 176 Å². The summed E-state index contributed by atoms with van der Waals surface area (Å²) in [5, 5.41) is 11.7. The minimum Gasteiger partial charge on any atom is -0.454 e. The van der Waals surface area contributed by atoms with E-state index >= 15 is 0 Å². The molecule has 4 aromatic rings. The van der Waals surface area contributed by atoms with Gasteiger partial charge < -0.3 is 10.1 Å². The number of carbonyl (C=O) groups is 1. The smallest absolute Gasteiger partial charge is 0.277 e. The molecule has 0 aliphatic heterocycles. The lowest BCUT2D eigenvalue weighted by molar-refractivity contribution is -0.116. The predicted molar refractivity (Wildman–Crippen MR) is 115 cm³/mol. The largest absolute Gasteiger partial charge is 0.454 e. The van der Waals surface area contributed by atoms with E-state index in [0.29, 0.717) is 33.1 Å². The molecule has 0 radical (unpaired) electrons. The van der Waals surface area contributed by atoms with Crippen molar-refractivity contribution in [2.24, 2.45) is 0 Å². The van der Waals surface area contributed by atoms with E-state index in [2.05, 4.69) is 15.6 Å². The van der Waals surface area contributed by atoms with Crippen LogP contribution in [0, 0.1) is 0 Å². The Bertz CT molecular complexity index is 1270. The molecule has 0 bridgehead atoms. The number of ether oxygens (including phenoxy) is 1. The van der Waals surface area contributed by atoms with Gasteiger partial charge in [0.25, 0.3) is 5.56 Å². The summed E-state index contributed by atoms with van der Waals surface area (Å²) in [5.41, 5.74) is 0.740. The van der Waals surface area contributed by atoms with Crippen molar-refractivity contribution in [3.8, 4) is 11.5 Å². The van der Waals surface area contributed by atoms with E-state index in [1.165, 1.54) is 4.68 Å². The van der Waals surface area contributed by atoms with Crippen LogP contribution < -0.4 is 15.6 Å². The Kier molecular flexibility index (Phi) is 5.72. The molecule has 0 unspecified atom stereocenters. The first kappa shape index (κ1) is 19.6. The van der Waals surface area contributed by atoms with Gasteiger partial charge in [0, 0.05) is 6.42 Å². The fraction of sp³-hybridized carbons (Fsp3) is 0.0909. The highest BCUT2D eigenvalue weighted by Crippen LogP contribution is 2.33. The van der Waals surface area contributed by atoms with Crippen molar-refractivity contribution in [1.82, 2.24) is 15.0 Å². The van der Waals surface area contributed by atoms with Crippen molar-refractivity contribution in [2.75, 3.05) is 5.32 Å². The summed E-state index contributed by atoms with van der Waals surface area (Å²) in [6.45, 7) is 0.107. The number of para-hydroxylation sites is 3. The number of carbonyl (C=O) groups excluding carboxylic acids is 1. The highest BCUT2D eigenvalue weighted by Gasteiger charge is 2.12. The van der Waals surface area contributed by atoms with E-state index in [-0.39, 0.29) is 24.4 Å². The van der Waals surface area contributed by atoms with Gasteiger partial charge in [-0.25, -0.2) is 4.68 Å². The van der Waals surface area contributed by atoms with Crippen LogP contribution in [0.5, 0.6) is 11.5 Å². The van der Waals surface area contributed by atoms with Crippen LogP contribution in [0.1, 0.15) is 6.42 Å². The third-order valence-corrected chi connectivity index (χ3v) is 4.71. The number of fused-ring (bicyclic) bond motifs is 1. The van der Waals surface area contributed by atoms with Crippen molar-refractivity contribution in [3.63, 3.8) is 0 Å². The summed E-state index contributed by atoms with van der Waals surface area (Å²) in [4.78, 5) is 25.0. The minimum absolute atomic E-state index is 0.0490. The minimum atomic E-state index is -0.285. The van der Waals surface area contributed by atoms with E-state index in [4.69, 9.17) is 16.3 Å². The number of nitrogens with one attached hydrogen (secondary N) is 1. The normalized spacial score (nSPS) is 10.7. The van der Waals surface area contributed by atoms with Crippen molar-refractivity contribution >= 4 is 34.1 Å². The number of aromatic nitrogens is 3. The van der Waals surface area contributed by atoms with Crippen LogP contribution in [0.2, 0.25) is 5.02 Å².